The van der Waals surface area contributed by atoms with Gasteiger partial charge in [-0.1, -0.05) is 36.1 Å². The highest BCUT2D eigenvalue weighted by Crippen LogP contribution is 2.18. The molecule has 4 aromatic rings. The minimum atomic E-state index is -0.0901. The molecule has 1 amide bonds. The number of pyridine rings is 2. The predicted octanol–water partition coefficient (Wildman–Crippen LogP) is 3.42. The molecule has 0 spiro atoms. The Morgan fingerprint density at radius 1 is 0.968 bits per heavy atom. The van der Waals surface area contributed by atoms with Gasteiger partial charge in [-0.15, -0.1) is 0 Å². The number of hydrogen-bond donors (Lipinski definition) is 0. The summed E-state index contributed by atoms with van der Waals surface area (Å²) in [6.07, 6.45) is 6.07. The highest BCUT2D eigenvalue weighted by atomic mass is 16.5. The standard InChI is InChI=1S/C25H20N4O2/c30-25(28-15-13-21(17-28)31-24-8-4-5-14-26-24)22-18-29-16-20(11-12-23(29)27-22)10-9-19-6-2-1-3-7-19/h1-8,11-12,14,16,18,21H,13,15,17H2. The van der Waals surface area contributed by atoms with Gasteiger partial charge in [0.1, 0.15) is 17.4 Å². The summed E-state index contributed by atoms with van der Waals surface area (Å²) in [5, 5.41) is 0. The monoisotopic (exact) mass is 408 g/mol. The largest absolute Gasteiger partial charge is 0.472 e. The molecule has 6 heteroatoms. The molecule has 1 fully saturated rings. The molecule has 31 heavy (non-hydrogen) atoms. The Morgan fingerprint density at radius 3 is 2.65 bits per heavy atom. The van der Waals surface area contributed by atoms with Crippen LogP contribution in [0.1, 0.15) is 28.0 Å². The summed E-state index contributed by atoms with van der Waals surface area (Å²) < 4.78 is 7.73. The molecule has 3 aromatic heterocycles. The van der Waals surface area contributed by atoms with E-state index in [9.17, 15) is 4.79 Å². The third kappa shape index (κ3) is 4.26. The molecule has 5 rings (SSSR count). The van der Waals surface area contributed by atoms with Crippen LogP contribution in [0.15, 0.2) is 79.3 Å². The Hall–Kier alpha value is -4.11. The number of fused-ring (bicyclic) bond motifs is 1. The van der Waals surface area contributed by atoms with Gasteiger partial charge in [0.25, 0.3) is 5.91 Å². The fraction of sp³-hybridized carbons (Fsp3) is 0.160. The lowest BCUT2D eigenvalue weighted by Gasteiger charge is -2.15. The molecule has 6 nitrogen and oxygen atoms in total. The van der Waals surface area contributed by atoms with E-state index in [1.165, 1.54) is 0 Å². The summed E-state index contributed by atoms with van der Waals surface area (Å²) in [6, 6.07) is 19.2. The number of ether oxygens (including phenoxy) is 1. The quantitative estimate of drug-likeness (QED) is 0.488. The molecular weight excluding hydrogens is 388 g/mol. The summed E-state index contributed by atoms with van der Waals surface area (Å²) in [5.74, 6) is 6.80. The van der Waals surface area contributed by atoms with Gasteiger partial charge in [0.05, 0.1) is 6.54 Å². The van der Waals surface area contributed by atoms with Crippen molar-refractivity contribution in [2.75, 3.05) is 13.1 Å². The van der Waals surface area contributed by atoms with Gasteiger partial charge < -0.3 is 14.0 Å². The second-order valence-corrected chi connectivity index (χ2v) is 7.37. The van der Waals surface area contributed by atoms with Crippen molar-refractivity contribution >= 4 is 11.6 Å². The fourth-order valence-corrected chi connectivity index (χ4v) is 3.59. The first-order valence-electron chi connectivity index (χ1n) is 10.2. The molecule has 1 aliphatic heterocycles. The lowest BCUT2D eigenvalue weighted by molar-refractivity contribution is 0.0766. The van der Waals surface area contributed by atoms with Crippen LogP contribution in [0.25, 0.3) is 5.65 Å². The fourth-order valence-electron chi connectivity index (χ4n) is 3.59. The zero-order chi connectivity index (χ0) is 21.0. The van der Waals surface area contributed by atoms with Crippen molar-refractivity contribution in [3.63, 3.8) is 0 Å². The predicted molar refractivity (Wildman–Crippen MR) is 117 cm³/mol. The Labute approximate surface area is 180 Å². The normalized spacial score (nSPS) is 15.5. The Morgan fingerprint density at radius 2 is 1.81 bits per heavy atom. The SMILES string of the molecule is O=C(c1cn2cc(C#Cc3ccccc3)ccc2n1)N1CCC(Oc2ccccn2)C1. The average Bonchev–Trinajstić information content (AvgIpc) is 3.45. The molecule has 1 aromatic carbocycles. The van der Waals surface area contributed by atoms with Crippen LogP contribution in [-0.2, 0) is 0 Å². The molecule has 1 atom stereocenters. The van der Waals surface area contributed by atoms with E-state index in [1.807, 2.05) is 71.3 Å². The lowest BCUT2D eigenvalue weighted by atomic mass is 10.2. The molecule has 4 heterocycles. The summed E-state index contributed by atoms with van der Waals surface area (Å²) in [6.45, 7) is 1.16. The van der Waals surface area contributed by atoms with Crippen molar-refractivity contribution in [1.82, 2.24) is 19.3 Å². The van der Waals surface area contributed by atoms with E-state index in [4.69, 9.17) is 4.74 Å². The van der Waals surface area contributed by atoms with Crippen molar-refractivity contribution in [1.29, 1.82) is 0 Å². The van der Waals surface area contributed by atoms with E-state index in [-0.39, 0.29) is 12.0 Å². The van der Waals surface area contributed by atoms with Crippen molar-refractivity contribution in [3.8, 4) is 17.7 Å². The van der Waals surface area contributed by atoms with Gasteiger partial charge in [0.15, 0.2) is 0 Å². The van der Waals surface area contributed by atoms with Gasteiger partial charge in [0.2, 0.25) is 5.88 Å². The van der Waals surface area contributed by atoms with Gasteiger partial charge in [-0.2, -0.15) is 0 Å². The van der Waals surface area contributed by atoms with Crippen LogP contribution in [0, 0.1) is 11.8 Å². The van der Waals surface area contributed by atoms with Crippen LogP contribution < -0.4 is 4.74 Å². The van der Waals surface area contributed by atoms with E-state index >= 15 is 0 Å². The highest BCUT2D eigenvalue weighted by Gasteiger charge is 2.29. The number of benzene rings is 1. The van der Waals surface area contributed by atoms with Crippen molar-refractivity contribution < 1.29 is 9.53 Å². The number of rotatable bonds is 3. The molecule has 1 unspecified atom stereocenters. The first-order chi connectivity index (χ1) is 15.2. The van der Waals surface area contributed by atoms with E-state index in [0.29, 0.717) is 30.3 Å². The van der Waals surface area contributed by atoms with Crippen LogP contribution >= 0.6 is 0 Å². The van der Waals surface area contributed by atoms with Crippen molar-refractivity contribution in [2.45, 2.75) is 12.5 Å². The Balaban J connectivity index is 1.29. The minimum absolute atomic E-state index is 0.0595. The van der Waals surface area contributed by atoms with E-state index in [1.54, 1.807) is 17.3 Å². The summed E-state index contributed by atoms with van der Waals surface area (Å²) in [5.41, 5.74) is 2.96. The maximum absolute atomic E-state index is 13.0. The molecule has 1 saturated heterocycles. The zero-order valence-corrected chi connectivity index (χ0v) is 16.8. The summed E-state index contributed by atoms with van der Waals surface area (Å²) in [4.78, 5) is 23.4. The number of imidazole rings is 1. The first-order valence-corrected chi connectivity index (χ1v) is 10.2. The molecular formula is C25H20N4O2. The maximum atomic E-state index is 13.0. The third-order valence-electron chi connectivity index (χ3n) is 5.15. The third-order valence-corrected chi connectivity index (χ3v) is 5.15. The van der Waals surface area contributed by atoms with Gasteiger partial charge in [0, 0.05) is 48.7 Å². The first kappa shape index (κ1) is 18.9. The molecule has 0 bridgehead atoms. The zero-order valence-electron chi connectivity index (χ0n) is 16.8. The highest BCUT2D eigenvalue weighted by molar-refractivity contribution is 5.93. The van der Waals surface area contributed by atoms with Crippen molar-refractivity contribution in [3.05, 3.63) is 96.1 Å². The molecule has 0 N–H and O–H groups in total. The number of carbonyl (C=O) groups excluding carboxylic acids is 1. The number of aromatic nitrogens is 3. The summed E-state index contributed by atoms with van der Waals surface area (Å²) in [7, 11) is 0. The topological polar surface area (TPSA) is 59.7 Å². The van der Waals surface area contributed by atoms with Crippen LogP contribution in [0.3, 0.4) is 0 Å². The van der Waals surface area contributed by atoms with E-state index in [2.05, 4.69) is 21.8 Å². The smallest absolute Gasteiger partial charge is 0.274 e. The van der Waals surface area contributed by atoms with E-state index < -0.39 is 0 Å². The minimum Gasteiger partial charge on any atom is -0.472 e. The molecule has 152 valence electrons. The number of likely N-dealkylation sites (tertiary alicyclic amines) is 1. The second-order valence-electron chi connectivity index (χ2n) is 7.37. The summed E-state index contributed by atoms with van der Waals surface area (Å²) >= 11 is 0. The van der Waals surface area contributed by atoms with Gasteiger partial charge in [-0.3, -0.25) is 4.79 Å². The van der Waals surface area contributed by atoms with Crippen LogP contribution in [0.5, 0.6) is 5.88 Å². The Bertz CT molecular complexity index is 1270. The van der Waals surface area contributed by atoms with Gasteiger partial charge >= 0.3 is 0 Å². The maximum Gasteiger partial charge on any atom is 0.274 e. The number of hydrogen-bond acceptors (Lipinski definition) is 4. The van der Waals surface area contributed by atoms with Gasteiger partial charge in [-0.25, -0.2) is 9.97 Å². The van der Waals surface area contributed by atoms with Gasteiger partial charge in [-0.05, 0) is 30.3 Å². The van der Waals surface area contributed by atoms with Crippen LogP contribution in [-0.4, -0.2) is 44.4 Å². The molecule has 0 saturated carbocycles. The van der Waals surface area contributed by atoms with Crippen LogP contribution in [0.2, 0.25) is 0 Å². The van der Waals surface area contributed by atoms with E-state index in [0.717, 1.165) is 17.5 Å². The van der Waals surface area contributed by atoms with Crippen LogP contribution in [0.4, 0.5) is 0 Å². The number of nitrogens with zero attached hydrogens (tertiary/aromatic N) is 4. The lowest BCUT2D eigenvalue weighted by Crippen LogP contribution is -2.31. The van der Waals surface area contributed by atoms with Crippen molar-refractivity contribution in [2.24, 2.45) is 0 Å². The Kier molecular flexibility index (Phi) is 5.07. The second kappa shape index (κ2) is 8.33. The average molecular weight is 408 g/mol. The molecule has 0 radical (unpaired) electrons. The number of amides is 1. The number of carbonyl (C=O) groups is 1. The molecule has 0 aliphatic carbocycles. The molecule has 1 aliphatic rings.